The van der Waals surface area contributed by atoms with E-state index in [-0.39, 0.29) is 30.6 Å². The van der Waals surface area contributed by atoms with Gasteiger partial charge in [-0.1, -0.05) is 49.6 Å². The second-order valence-electron chi connectivity index (χ2n) is 7.44. The number of rotatable bonds is 5. The Labute approximate surface area is 160 Å². The molecule has 1 aromatic rings. The van der Waals surface area contributed by atoms with Crippen LogP contribution in [-0.4, -0.2) is 59.7 Å². The third kappa shape index (κ3) is 5.55. The summed E-state index contributed by atoms with van der Waals surface area (Å²) < 4.78 is 0. The van der Waals surface area contributed by atoms with Gasteiger partial charge in [-0.3, -0.25) is 9.59 Å². The van der Waals surface area contributed by atoms with Gasteiger partial charge in [0.05, 0.1) is 0 Å². The Hall–Kier alpha value is -2.37. The minimum Gasteiger partial charge on any atom is -0.339 e. The van der Waals surface area contributed by atoms with Gasteiger partial charge in [0.1, 0.15) is 0 Å². The lowest BCUT2D eigenvalue weighted by Gasteiger charge is -2.36. The molecule has 3 amide bonds. The van der Waals surface area contributed by atoms with E-state index < -0.39 is 0 Å². The molecule has 0 radical (unpaired) electrons. The van der Waals surface area contributed by atoms with Gasteiger partial charge in [-0.2, -0.15) is 0 Å². The van der Waals surface area contributed by atoms with Crippen LogP contribution in [0.25, 0.3) is 0 Å². The van der Waals surface area contributed by atoms with Gasteiger partial charge in [0, 0.05) is 50.6 Å². The predicted octanol–water partition coefficient (Wildman–Crippen LogP) is 2.84. The Balaban J connectivity index is 1.38. The van der Waals surface area contributed by atoms with Crippen LogP contribution in [0.4, 0.5) is 4.79 Å². The first-order valence-electron chi connectivity index (χ1n) is 10.0. The van der Waals surface area contributed by atoms with Gasteiger partial charge in [-0.05, 0) is 12.8 Å². The van der Waals surface area contributed by atoms with E-state index in [0.29, 0.717) is 37.8 Å². The van der Waals surface area contributed by atoms with Gasteiger partial charge in [0.2, 0.25) is 5.91 Å². The average molecular weight is 371 g/mol. The van der Waals surface area contributed by atoms with Crippen LogP contribution in [0.2, 0.25) is 0 Å². The Morgan fingerprint density at radius 1 is 0.852 bits per heavy atom. The first-order valence-corrected chi connectivity index (χ1v) is 10.0. The van der Waals surface area contributed by atoms with Crippen LogP contribution >= 0.6 is 0 Å². The third-order valence-corrected chi connectivity index (χ3v) is 5.51. The molecule has 1 saturated carbocycles. The van der Waals surface area contributed by atoms with E-state index in [9.17, 15) is 14.4 Å². The number of urea groups is 1. The highest BCUT2D eigenvalue weighted by atomic mass is 16.2. The number of nitrogens with zero attached hydrogens (tertiary/aromatic N) is 2. The summed E-state index contributed by atoms with van der Waals surface area (Å²) in [4.78, 5) is 40.5. The topological polar surface area (TPSA) is 69.7 Å². The summed E-state index contributed by atoms with van der Waals surface area (Å²) in [7, 11) is 0. The second-order valence-corrected chi connectivity index (χ2v) is 7.44. The van der Waals surface area contributed by atoms with E-state index in [1.165, 1.54) is 19.3 Å². The number of carbonyl (C=O) groups excluding carboxylic acids is 3. The van der Waals surface area contributed by atoms with Crippen molar-refractivity contribution in [3.8, 4) is 0 Å². The summed E-state index contributed by atoms with van der Waals surface area (Å²) in [6.45, 7) is 2.18. The van der Waals surface area contributed by atoms with Crippen molar-refractivity contribution in [3.63, 3.8) is 0 Å². The van der Waals surface area contributed by atoms with Crippen LogP contribution in [0.3, 0.4) is 0 Å². The monoisotopic (exact) mass is 371 g/mol. The zero-order valence-corrected chi connectivity index (χ0v) is 15.9. The molecule has 2 aliphatic rings. The molecule has 1 aliphatic carbocycles. The van der Waals surface area contributed by atoms with Crippen molar-refractivity contribution in [2.24, 2.45) is 0 Å². The molecule has 146 valence electrons. The molecule has 0 spiro atoms. The molecule has 0 unspecified atom stereocenters. The zero-order chi connectivity index (χ0) is 19.1. The number of carbonyl (C=O) groups is 3. The van der Waals surface area contributed by atoms with E-state index in [4.69, 9.17) is 0 Å². The Bertz CT molecular complexity index is 648. The smallest absolute Gasteiger partial charge is 0.317 e. The van der Waals surface area contributed by atoms with Crippen LogP contribution in [0.15, 0.2) is 30.3 Å². The molecule has 3 rings (SSSR count). The van der Waals surface area contributed by atoms with Crippen molar-refractivity contribution in [1.82, 2.24) is 15.1 Å². The fraction of sp³-hybridized carbons (Fsp3) is 0.571. The maximum absolute atomic E-state index is 12.4. The highest BCUT2D eigenvalue weighted by Crippen LogP contribution is 2.18. The normalized spacial score (nSPS) is 18.2. The van der Waals surface area contributed by atoms with Gasteiger partial charge in [-0.25, -0.2) is 4.79 Å². The molecule has 1 aliphatic heterocycles. The van der Waals surface area contributed by atoms with Gasteiger partial charge >= 0.3 is 6.03 Å². The van der Waals surface area contributed by atoms with Crippen molar-refractivity contribution in [2.45, 2.75) is 51.0 Å². The summed E-state index contributed by atoms with van der Waals surface area (Å²) >= 11 is 0. The lowest BCUT2D eigenvalue weighted by Crippen LogP contribution is -2.54. The van der Waals surface area contributed by atoms with Crippen LogP contribution in [0.1, 0.15) is 55.3 Å². The molecular formula is C21H29N3O3. The van der Waals surface area contributed by atoms with Crippen LogP contribution in [0, 0.1) is 0 Å². The molecule has 6 nitrogen and oxygen atoms in total. The first kappa shape index (κ1) is 19.4. The van der Waals surface area contributed by atoms with E-state index >= 15 is 0 Å². The molecule has 1 N–H and O–H groups in total. The molecule has 2 fully saturated rings. The summed E-state index contributed by atoms with van der Waals surface area (Å²) in [5, 5.41) is 3.13. The lowest BCUT2D eigenvalue weighted by molar-refractivity contribution is -0.132. The van der Waals surface area contributed by atoms with Crippen LogP contribution < -0.4 is 5.32 Å². The van der Waals surface area contributed by atoms with Crippen molar-refractivity contribution in [2.75, 3.05) is 26.2 Å². The number of ketones is 1. The largest absolute Gasteiger partial charge is 0.339 e. The molecular weight excluding hydrogens is 342 g/mol. The average Bonchev–Trinajstić information content (AvgIpc) is 2.73. The maximum Gasteiger partial charge on any atom is 0.317 e. The molecule has 0 atom stereocenters. The van der Waals surface area contributed by atoms with Gasteiger partial charge in [0.15, 0.2) is 5.78 Å². The number of piperazine rings is 1. The number of amides is 3. The molecule has 1 heterocycles. The van der Waals surface area contributed by atoms with Gasteiger partial charge in [0.25, 0.3) is 0 Å². The number of benzene rings is 1. The summed E-state index contributed by atoms with van der Waals surface area (Å²) in [6, 6.07) is 9.36. The van der Waals surface area contributed by atoms with Gasteiger partial charge < -0.3 is 15.1 Å². The fourth-order valence-electron chi connectivity index (χ4n) is 3.82. The number of hydrogen-bond acceptors (Lipinski definition) is 3. The van der Waals surface area contributed by atoms with Crippen molar-refractivity contribution < 1.29 is 14.4 Å². The number of Topliss-reactive ketones (excluding diaryl/α,β-unsaturated/α-hetero) is 1. The quantitative estimate of drug-likeness (QED) is 0.809. The number of nitrogens with one attached hydrogen (secondary N) is 1. The van der Waals surface area contributed by atoms with Crippen LogP contribution in [0.5, 0.6) is 0 Å². The molecule has 1 saturated heterocycles. The Kier molecular flexibility index (Phi) is 6.85. The summed E-state index contributed by atoms with van der Waals surface area (Å²) in [6.07, 6.45) is 6.23. The van der Waals surface area contributed by atoms with Gasteiger partial charge in [-0.15, -0.1) is 0 Å². The van der Waals surface area contributed by atoms with E-state index in [1.807, 2.05) is 18.2 Å². The zero-order valence-electron chi connectivity index (χ0n) is 15.9. The summed E-state index contributed by atoms with van der Waals surface area (Å²) in [5.41, 5.74) is 0.648. The van der Waals surface area contributed by atoms with E-state index in [1.54, 1.807) is 21.9 Å². The molecule has 0 bridgehead atoms. The Morgan fingerprint density at radius 3 is 2.15 bits per heavy atom. The highest BCUT2D eigenvalue weighted by molar-refractivity contribution is 5.97. The van der Waals surface area contributed by atoms with Crippen molar-refractivity contribution >= 4 is 17.7 Å². The second kappa shape index (κ2) is 9.53. The molecule has 1 aromatic carbocycles. The lowest BCUT2D eigenvalue weighted by atomic mass is 9.96. The molecule has 0 aromatic heterocycles. The Morgan fingerprint density at radius 2 is 1.48 bits per heavy atom. The molecule has 27 heavy (non-hydrogen) atoms. The predicted molar refractivity (Wildman–Crippen MR) is 104 cm³/mol. The number of hydrogen-bond donors (Lipinski definition) is 1. The minimum atomic E-state index is -0.00776. The maximum atomic E-state index is 12.4. The van der Waals surface area contributed by atoms with Crippen molar-refractivity contribution in [1.29, 1.82) is 0 Å². The third-order valence-electron chi connectivity index (χ3n) is 5.51. The first-order chi connectivity index (χ1) is 13.1. The molecule has 6 heteroatoms. The summed E-state index contributed by atoms with van der Waals surface area (Å²) in [5.74, 6) is -0.0129. The fourth-order valence-corrected chi connectivity index (χ4v) is 3.82. The highest BCUT2D eigenvalue weighted by Gasteiger charge is 2.26. The van der Waals surface area contributed by atoms with Crippen molar-refractivity contribution in [3.05, 3.63) is 35.9 Å². The standard InChI is InChI=1S/C21H29N3O3/c25-19(17-7-3-1-4-8-17)11-12-20(26)23-13-15-24(16-14-23)21(27)22-18-9-5-2-6-10-18/h1,3-4,7-8,18H,2,5-6,9-16H2,(H,22,27). The van der Waals surface area contributed by atoms with E-state index in [0.717, 1.165) is 12.8 Å². The minimum absolute atomic E-state index is 0.00514. The van der Waals surface area contributed by atoms with E-state index in [2.05, 4.69) is 5.32 Å². The van der Waals surface area contributed by atoms with Crippen LogP contribution in [-0.2, 0) is 4.79 Å². The SMILES string of the molecule is O=C(CCC(=O)N1CCN(C(=O)NC2CCCCC2)CC1)c1ccccc1.